The van der Waals surface area contributed by atoms with Crippen LogP contribution in [0.25, 0.3) is 16.8 Å². The summed E-state index contributed by atoms with van der Waals surface area (Å²) >= 11 is 6.44. The van der Waals surface area contributed by atoms with Gasteiger partial charge in [0.25, 0.3) is 5.91 Å². The van der Waals surface area contributed by atoms with Gasteiger partial charge in [0.15, 0.2) is 5.76 Å². The van der Waals surface area contributed by atoms with Crippen molar-refractivity contribution >= 4 is 23.3 Å². The number of benzene rings is 2. The molecule has 31 heavy (non-hydrogen) atoms. The zero-order valence-corrected chi connectivity index (χ0v) is 18.0. The Morgan fingerprint density at radius 2 is 1.81 bits per heavy atom. The molecule has 0 fully saturated rings. The molecule has 2 heterocycles. The fourth-order valence-corrected chi connectivity index (χ4v) is 3.52. The van der Waals surface area contributed by atoms with E-state index in [9.17, 15) is 9.59 Å². The monoisotopic (exact) mass is 433 g/mol. The number of amides is 1. The zero-order chi connectivity index (χ0) is 22.1. The van der Waals surface area contributed by atoms with Crippen molar-refractivity contribution in [2.75, 3.05) is 5.32 Å². The summed E-state index contributed by atoms with van der Waals surface area (Å²) in [5.74, 6) is -0.168. The van der Waals surface area contributed by atoms with Crippen LogP contribution >= 0.6 is 11.6 Å². The Balaban J connectivity index is 2.02. The van der Waals surface area contributed by atoms with Gasteiger partial charge in [-0.1, -0.05) is 35.9 Å². The molecule has 0 unspecified atom stereocenters. The highest BCUT2D eigenvalue weighted by Gasteiger charge is 2.23. The van der Waals surface area contributed by atoms with Gasteiger partial charge < -0.3 is 9.73 Å². The van der Waals surface area contributed by atoms with Crippen molar-refractivity contribution in [3.8, 4) is 16.8 Å². The van der Waals surface area contributed by atoms with Gasteiger partial charge in [-0.25, -0.2) is 4.68 Å². The number of nitrogens with zero attached hydrogens (tertiary/aromatic N) is 2. The van der Waals surface area contributed by atoms with E-state index < -0.39 is 5.91 Å². The molecule has 0 radical (unpaired) electrons. The van der Waals surface area contributed by atoms with Crippen molar-refractivity contribution in [3.05, 3.63) is 98.7 Å². The van der Waals surface area contributed by atoms with Crippen LogP contribution in [0.15, 0.2) is 70.1 Å². The molecule has 0 aliphatic carbocycles. The fourth-order valence-electron chi connectivity index (χ4n) is 3.29. The molecule has 4 rings (SSSR count). The predicted molar refractivity (Wildman–Crippen MR) is 121 cm³/mol. The Morgan fingerprint density at radius 1 is 1.03 bits per heavy atom. The SMILES string of the molecule is Cc1ccc(-n2nc(C)c(=O)c(-c3ccccc3Cl)c2NC(=O)c2ccco2)cc1C. The summed E-state index contributed by atoms with van der Waals surface area (Å²) in [6, 6.07) is 16.0. The largest absolute Gasteiger partial charge is 0.459 e. The van der Waals surface area contributed by atoms with E-state index in [4.69, 9.17) is 16.0 Å². The van der Waals surface area contributed by atoms with E-state index in [0.29, 0.717) is 16.3 Å². The lowest BCUT2D eigenvalue weighted by Gasteiger charge is -2.19. The van der Waals surface area contributed by atoms with Crippen LogP contribution in [0.3, 0.4) is 0 Å². The van der Waals surface area contributed by atoms with Crippen LogP contribution in [0.5, 0.6) is 0 Å². The molecule has 0 aliphatic heterocycles. The van der Waals surface area contributed by atoms with Gasteiger partial charge in [0, 0.05) is 10.6 Å². The molecule has 1 amide bonds. The maximum Gasteiger partial charge on any atom is 0.292 e. The number of furan rings is 1. The van der Waals surface area contributed by atoms with Crippen LogP contribution in [0, 0.1) is 20.8 Å². The van der Waals surface area contributed by atoms with Gasteiger partial charge in [0.05, 0.1) is 17.5 Å². The van der Waals surface area contributed by atoms with Gasteiger partial charge in [-0.2, -0.15) is 5.10 Å². The molecule has 4 aromatic rings. The van der Waals surface area contributed by atoms with Crippen molar-refractivity contribution in [2.24, 2.45) is 0 Å². The number of carbonyl (C=O) groups excluding carboxylic acids is 1. The second kappa shape index (κ2) is 8.24. The molecule has 0 atom stereocenters. The molecule has 0 aliphatic rings. The highest BCUT2D eigenvalue weighted by molar-refractivity contribution is 6.33. The first-order valence-corrected chi connectivity index (χ1v) is 10.1. The number of aromatic nitrogens is 2. The average molecular weight is 434 g/mol. The number of carbonyl (C=O) groups is 1. The van der Waals surface area contributed by atoms with Gasteiger partial charge in [-0.3, -0.25) is 9.59 Å². The standard InChI is InChI=1S/C24H20ClN3O3/c1-14-10-11-17(13-15(14)2)28-23(26-24(30)20-9-6-12-31-20)21(22(29)16(3)27-28)18-7-4-5-8-19(18)25/h4-13H,1-3H3,(H,26,30). The van der Waals surface area contributed by atoms with E-state index in [0.717, 1.165) is 11.1 Å². The van der Waals surface area contributed by atoms with Crippen molar-refractivity contribution in [3.63, 3.8) is 0 Å². The number of nitrogens with one attached hydrogen (secondary N) is 1. The molecule has 2 aromatic carbocycles. The average Bonchev–Trinajstić information content (AvgIpc) is 3.29. The summed E-state index contributed by atoms with van der Waals surface area (Å²) in [6.45, 7) is 5.64. The number of aryl methyl sites for hydroxylation is 3. The number of hydrogen-bond acceptors (Lipinski definition) is 4. The van der Waals surface area contributed by atoms with Gasteiger partial charge in [-0.05, 0) is 62.2 Å². The summed E-state index contributed by atoms with van der Waals surface area (Å²) in [6.07, 6.45) is 1.41. The van der Waals surface area contributed by atoms with E-state index in [1.54, 1.807) is 48.0 Å². The second-order valence-corrected chi connectivity index (χ2v) is 7.64. The molecule has 0 saturated carbocycles. The molecule has 2 aromatic heterocycles. The van der Waals surface area contributed by atoms with E-state index in [-0.39, 0.29) is 28.3 Å². The minimum absolute atomic E-state index is 0.116. The fraction of sp³-hybridized carbons (Fsp3) is 0.125. The topological polar surface area (TPSA) is 77.1 Å². The van der Waals surface area contributed by atoms with Crippen LogP contribution in [-0.2, 0) is 0 Å². The third-order valence-electron chi connectivity index (χ3n) is 5.11. The molecule has 156 valence electrons. The minimum Gasteiger partial charge on any atom is -0.459 e. The van der Waals surface area contributed by atoms with Gasteiger partial charge in [0.2, 0.25) is 5.43 Å². The molecule has 6 nitrogen and oxygen atoms in total. The Morgan fingerprint density at radius 3 is 2.48 bits per heavy atom. The first-order chi connectivity index (χ1) is 14.9. The highest BCUT2D eigenvalue weighted by atomic mass is 35.5. The van der Waals surface area contributed by atoms with Crippen LogP contribution in [0.2, 0.25) is 5.02 Å². The predicted octanol–water partition coefficient (Wildman–Crippen LogP) is 5.32. The maximum atomic E-state index is 13.2. The number of hydrogen-bond donors (Lipinski definition) is 1. The molecule has 0 bridgehead atoms. The molecular weight excluding hydrogens is 414 g/mol. The Kier molecular flexibility index (Phi) is 5.48. The van der Waals surface area contributed by atoms with E-state index >= 15 is 0 Å². The third kappa shape index (κ3) is 3.90. The van der Waals surface area contributed by atoms with Crippen LogP contribution in [0.1, 0.15) is 27.4 Å². The highest BCUT2D eigenvalue weighted by Crippen LogP contribution is 2.32. The first-order valence-electron chi connectivity index (χ1n) is 9.68. The van der Waals surface area contributed by atoms with Crippen molar-refractivity contribution in [2.45, 2.75) is 20.8 Å². The van der Waals surface area contributed by atoms with Crippen molar-refractivity contribution in [1.82, 2.24) is 9.78 Å². The van der Waals surface area contributed by atoms with Crippen molar-refractivity contribution in [1.29, 1.82) is 0 Å². The lowest BCUT2D eigenvalue weighted by Crippen LogP contribution is -2.25. The lowest BCUT2D eigenvalue weighted by atomic mass is 10.0. The van der Waals surface area contributed by atoms with Gasteiger partial charge in [-0.15, -0.1) is 0 Å². The summed E-state index contributed by atoms with van der Waals surface area (Å²) in [7, 11) is 0. The van der Waals surface area contributed by atoms with Gasteiger partial charge >= 0.3 is 0 Å². The maximum absolute atomic E-state index is 13.2. The van der Waals surface area contributed by atoms with Crippen LogP contribution < -0.4 is 10.7 Å². The van der Waals surface area contributed by atoms with Gasteiger partial charge in [0.1, 0.15) is 11.5 Å². The summed E-state index contributed by atoms with van der Waals surface area (Å²) in [4.78, 5) is 26.1. The van der Waals surface area contributed by atoms with E-state index in [1.807, 2.05) is 32.0 Å². The zero-order valence-electron chi connectivity index (χ0n) is 17.3. The van der Waals surface area contributed by atoms with Crippen LogP contribution in [0.4, 0.5) is 5.82 Å². The molecule has 0 spiro atoms. The quantitative estimate of drug-likeness (QED) is 0.472. The van der Waals surface area contributed by atoms with Crippen LogP contribution in [-0.4, -0.2) is 15.7 Å². The Hall–Kier alpha value is -3.64. The van der Waals surface area contributed by atoms with Crippen molar-refractivity contribution < 1.29 is 9.21 Å². The molecule has 7 heteroatoms. The summed E-state index contributed by atoms with van der Waals surface area (Å²) in [5.41, 5.74) is 3.61. The summed E-state index contributed by atoms with van der Waals surface area (Å²) in [5, 5.41) is 7.69. The normalized spacial score (nSPS) is 10.8. The smallest absolute Gasteiger partial charge is 0.292 e. The van der Waals surface area contributed by atoms with E-state index in [1.165, 1.54) is 6.26 Å². The summed E-state index contributed by atoms with van der Waals surface area (Å²) < 4.78 is 6.78. The number of anilines is 1. The first kappa shape index (κ1) is 20.6. The molecular formula is C24H20ClN3O3. The molecule has 0 saturated heterocycles. The molecule has 1 N–H and O–H groups in total. The number of rotatable bonds is 4. The minimum atomic E-state index is -0.499. The van der Waals surface area contributed by atoms with E-state index in [2.05, 4.69) is 10.4 Å². The number of halogens is 1. The third-order valence-corrected chi connectivity index (χ3v) is 5.44. The second-order valence-electron chi connectivity index (χ2n) is 7.23. The Bertz CT molecular complexity index is 1340. The Labute approximate surface area is 184 Å². The lowest BCUT2D eigenvalue weighted by molar-refractivity contribution is 0.0996.